The van der Waals surface area contributed by atoms with Crippen LogP contribution < -0.4 is 10.5 Å². The Kier molecular flexibility index (Phi) is 7.41. The van der Waals surface area contributed by atoms with Crippen LogP contribution in [0.25, 0.3) is 16.9 Å². The number of benzene rings is 2. The van der Waals surface area contributed by atoms with E-state index in [-0.39, 0.29) is 36.1 Å². The third-order valence-electron chi connectivity index (χ3n) is 8.82. The second-order valence-corrected chi connectivity index (χ2v) is 11.3. The summed E-state index contributed by atoms with van der Waals surface area (Å²) < 4.78 is 5.55. The number of ether oxygens (including phenoxy) is 1. The molecule has 0 aliphatic heterocycles. The van der Waals surface area contributed by atoms with Crippen LogP contribution in [0.2, 0.25) is 0 Å². The molecular weight excluding hydrogens is 560 g/mol. The number of carbonyl (C=O) groups excluding carboxylic acids is 4. The molecule has 1 amide bonds. The highest BCUT2D eigenvalue weighted by molar-refractivity contribution is 6.24. The molecule has 2 aromatic carbocycles. The molecule has 5 rings (SSSR count). The molecule has 0 aromatic heterocycles. The molecule has 2 aromatic rings. The zero-order chi connectivity index (χ0) is 31.5. The van der Waals surface area contributed by atoms with Crippen molar-refractivity contribution in [2.24, 2.45) is 17.6 Å². The van der Waals surface area contributed by atoms with Gasteiger partial charge in [-0.15, -0.1) is 0 Å². The van der Waals surface area contributed by atoms with E-state index in [1.807, 2.05) is 0 Å². The number of aliphatic hydroxyl groups is 4. The van der Waals surface area contributed by atoms with Crippen molar-refractivity contribution in [2.45, 2.75) is 37.0 Å². The van der Waals surface area contributed by atoms with Crippen LogP contribution in [0, 0.1) is 11.8 Å². The lowest BCUT2D eigenvalue weighted by Gasteiger charge is -2.50. The van der Waals surface area contributed by atoms with Gasteiger partial charge in [-0.2, -0.15) is 0 Å². The highest BCUT2D eigenvalue weighted by atomic mass is 16.5. The number of ketones is 2. The number of carbonyl (C=O) groups is 4. The molecule has 3 aliphatic carbocycles. The maximum absolute atomic E-state index is 14.0. The minimum atomic E-state index is -2.73. The third kappa shape index (κ3) is 4.32. The predicted octanol–water partition coefficient (Wildman–Crippen LogP) is 1.26. The average Bonchev–Trinajstić information content (AvgIpc) is 2.94. The lowest BCUT2D eigenvalue weighted by Crippen LogP contribution is -2.65. The summed E-state index contributed by atoms with van der Waals surface area (Å²) in [6.45, 7) is 0. The van der Waals surface area contributed by atoms with Crippen molar-refractivity contribution in [3.8, 4) is 22.6 Å². The highest BCUT2D eigenvalue weighted by Crippen LogP contribution is 2.54. The molecule has 1 unspecified atom stereocenters. The van der Waals surface area contributed by atoms with Gasteiger partial charge in [-0.3, -0.25) is 19.3 Å². The van der Waals surface area contributed by atoms with E-state index in [2.05, 4.69) is 0 Å². The van der Waals surface area contributed by atoms with Gasteiger partial charge in [0.2, 0.25) is 5.78 Å². The molecule has 0 bridgehead atoms. The Morgan fingerprint density at radius 1 is 1.16 bits per heavy atom. The number of aldehydes is 1. The summed E-state index contributed by atoms with van der Waals surface area (Å²) in [5.74, 6) is -6.94. The quantitative estimate of drug-likeness (QED) is 0.199. The van der Waals surface area contributed by atoms with Crippen LogP contribution in [0.1, 0.15) is 35.6 Å². The van der Waals surface area contributed by atoms with E-state index in [0.29, 0.717) is 34.3 Å². The molecule has 226 valence electrons. The summed E-state index contributed by atoms with van der Waals surface area (Å²) in [5, 5.41) is 55.6. The van der Waals surface area contributed by atoms with Gasteiger partial charge in [0.1, 0.15) is 34.9 Å². The number of hydrogen-bond acceptors (Lipinski definition) is 11. The fraction of sp³-hybridized carbons (Fsp3) is 0.355. The van der Waals surface area contributed by atoms with E-state index < -0.39 is 64.1 Å². The Balaban J connectivity index is 1.73. The first-order chi connectivity index (χ1) is 20.3. The first-order valence-electron chi connectivity index (χ1n) is 13.6. The number of phenolic OH excluding ortho intramolecular Hbond substituents is 1. The van der Waals surface area contributed by atoms with Gasteiger partial charge in [0, 0.05) is 23.5 Å². The number of rotatable bonds is 7. The molecule has 0 heterocycles. The van der Waals surface area contributed by atoms with E-state index >= 15 is 0 Å². The highest BCUT2D eigenvalue weighted by Gasteiger charge is 2.64. The van der Waals surface area contributed by atoms with Crippen molar-refractivity contribution in [1.82, 2.24) is 4.90 Å². The van der Waals surface area contributed by atoms with Crippen LogP contribution in [0.15, 0.2) is 47.2 Å². The topological polar surface area (TPSA) is 208 Å². The number of Topliss-reactive ketones (excluding diaryl/α,β-unsaturated/α-hetero) is 2. The Hall–Kier alpha value is -4.52. The number of methoxy groups -OCH3 is 1. The van der Waals surface area contributed by atoms with Crippen molar-refractivity contribution in [3.05, 3.63) is 63.9 Å². The van der Waals surface area contributed by atoms with Crippen LogP contribution in [0.4, 0.5) is 0 Å². The summed E-state index contributed by atoms with van der Waals surface area (Å²) in [6, 6.07) is 6.58. The number of aromatic hydroxyl groups is 1. The summed E-state index contributed by atoms with van der Waals surface area (Å²) >= 11 is 0. The van der Waals surface area contributed by atoms with E-state index in [1.54, 1.807) is 24.3 Å². The number of phenols is 1. The van der Waals surface area contributed by atoms with Crippen LogP contribution >= 0.6 is 0 Å². The number of nitrogens with two attached hydrogens (primary N) is 1. The second kappa shape index (κ2) is 10.6. The largest absolute Gasteiger partial charge is 0.508 e. The zero-order valence-corrected chi connectivity index (χ0v) is 23.7. The Bertz CT molecular complexity index is 1640. The first kappa shape index (κ1) is 30.0. The van der Waals surface area contributed by atoms with Crippen molar-refractivity contribution in [3.63, 3.8) is 0 Å². The minimum Gasteiger partial charge on any atom is -0.508 e. The van der Waals surface area contributed by atoms with Crippen molar-refractivity contribution < 1.29 is 49.4 Å². The van der Waals surface area contributed by atoms with Gasteiger partial charge in [0.15, 0.2) is 11.4 Å². The van der Waals surface area contributed by atoms with Gasteiger partial charge >= 0.3 is 0 Å². The van der Waals surface area contributed by atoms with Crippen LogP contribution in [0.3, 0.4) is 0 Å². The van der Waals surface area contributed by atoms with Gasteiger partial charge < -0.3 is 40.8 Å². The van der Waals surface area contributed by atoms with Gasteiger partial charge in [-0.05, 0) is 67.7 Å². The Morgan fingerprint density at radius 3 is 2.47 bits per heavy atom. The number of hydrogen-bond donors (Lipinski definition) is 6. The standard InChI is InChI=1S/C31H32N2O10/c1-33(2)25-18-12-14-11-17-15(16-10-13(19(35)8-9-34)4-7-21(16)43-3)5-6-20(36)23(17)26(37)22(14)28(39)31(18,42)29(40)24(27(25)38)30(32)41/h4-7,9-10,14,18-19,25,35-37,40,42H,8,11-12H2,1-3H3,(H2,32,41)/t14-,18-,19?,25-,31-/m1/s1. The maximum atomic E-state index is 14.0. The normalized spacial score (nSPS) is 25.7. The smallest absolute Gasteiger partial charge is 0.255 e. The number of primary amides is 1. The van der Waals surface area contributed by atoms with Gasteiger partial charge in [-0.1, -0.05) is 12.1 Å². The van der Waals surface area contributed by atoms with Crippen LogP contribution in [-0.4, -0.2) is 87.0 Å². The summed E-state index contributed by atoms with van der Waals surface area (Å²) in [7, 11) is 4.51. The Labute approximate surface area is 246 Å². The summed E-state index contributed by atoms with van der Waals surface area (Å²) in [6.07, 6.45) is -0.607. The SMILES string of the molecule is COc1ccc(C(O)CC=O)cc1-c1ccc(O)c2c1C[C@@H]1C[C@@H]3[C@@H](N(C)C)C(=O)C(C(N)=O)=C(O)[C@]3(O)C(=O)C1=C2O. The number of nitrogens with zero attached hydrogens (tertiary/aromatic N) is 1. The zero-order valence-electron chi connectivity index (χ0n) is 23.7. The first-order valence-corrected chi connectivity index (χ1v) is 13.6. The van der Waals surface area contributed by atoms with Gasteiger partial charge in [0.05, 0.1) is 24.8 Å². The molecule has 43 heavy (non-hydrogen) atoms. The predicted molar refractivity (Wildman–Crippen MR) is 152 cm³/mol. The average molecular weight is 593 g/mol. The second-order valence-electron chi connectivity index (χ2n) is 11.3. The molecule has 12 nitrogen and oxygen atoms in total. The Morgan fingerprint density at radius 2 is 1.86 bits per heavy atom. The maximum Gasteiger partial charge on any atom is 0.255 e. The number of likely N-dealkylation sites (N-methyl/N-ethyl adjacent to an activating group) is 1. The molecule has 7 N–H and O–H groups in total. The van der Waals surface area contributed by atoms with Gasteiger partial charge in [-0.25, -0.2) is 0 Å². The molecule has 1 saturated carbocycles. The van der Waals surface area contributed by atoms with Gasteiger partial charge in [0.25, 0.3) is 5.91 Å². The van der Waals surface area contributed by atoms with E-state index in [0.717, 1.165) is 0 Å². The molecule has 0 radical (unpaired) electrons. The van der Waals surface area contributed by atoms with E-state index in [4.69, 9.17) is 10.5 Å². The third-order valence-corrected chi connectivity index (χ3v) is 8.82. The van der Waals surface area contributed by atoms with Crippen molar-refractivity contribution in [2.75, 3.05) is 21.2 Å². The van der Waals surface area contributed by atoms with Crippen molar-refractivity contribution >= 4 is 29.5 Å². The molecule has 0 saturated heterocycles. The molecule has 12 heteroatoms. The summed E-state index contributed by atoms with van der Waals surface area (Å²) in [4.78, 5) is 51.9. The molecule has 3 aliphatic rings. The van der Waals surface area contributed by atoms with Crippen molar-refractivity contribution in [1.29, 1.82) is 0 Å². The minimum absolute atomic E-state index is 0.0594. The fourth-order valence-electron chi connectivity index (χ4n) is 6.87. The van der Waals surface area contributed by atoms with Crippen LogP contribution in [0.5, 0.6) is 11.5 Å². The molecule has 0 spiro atoms. The number of aliphatic hydroxyl groups excluding tert-OH is 3. The molecular formula is C31H32N2O10. The molecule has 1 fully saturated rings. The van der Waals surface area contributed by atoms with E-state index in [9.17, 15) is 44.7 Å². The summed E-state index contributed by atoms with van der Waals surface area (Å²) in [5.41, 5.74) is 3.28. The monoisotopic (exact) mass is 592 g/mol. The molecule has 5 atom stereocenters. The lowest BCUT2D eigenvalue weighted by molar-refractivity contribution is -0.153. The fourth-order valence-corrected chi connectivity index (χ4v) is 6.87. The van der Waals surface area contributed by atoms with Crippen LogP contribution in [-0.2, 0) is 25.6 Å². The number of amides is 1. The lowest BCUT2D eigenvalue weighted by atomic mass is 9.57. The van der Waals surface area contributed by atoms with E-state index in [1.165, 1.54) is 32.2 Å². The number of fused-ring (bicyclic) bond motifs is 3.